The highest BCUT2D eigenvalue weighted by Gasteiger charge is 2.21. The molecule has 0 fully saturated rings. The fourth-order valence-electron chi connectivity index (χ4n) is 1.49. The van der Waals surface area contributed by atoms with Crippen molar-refractivity contribution in [1.82, 2.24) is 5.23 Å². The Morgan fingerprint density at radius 3 is 2.30 bits per heavy atom. The summed E-state index contributed by atoms with van der Waals surface area (Å²) in [6, 6.07) is 0. The van der Waals surface area contributed by atoms with Gasteiger partial charge in [-0.3, -0.25) is 14.4 Å². The molecule has 0 saturated carbocycles. The Labute approximate surface area is 121 Å². The second-order valence-corrected chi connectivity index (χ2v) is 4.59. The van der Waals surface area contributed by atoms with Crippen molar-refractivity contribution in [2.45, 2.75) is 40.5 Å². The standard InChI is InChI=1S/C14H23BN2O3/c1-5-9(3)13(19)11(14(20)17-15-16)8-7-10(4)12(18)6-2/h7-9,15H,5-6,16H2,1-4H3,(H,17,20)/b10-7+,11-8+. The van der Waals surface area contributed by atoms with Gasteiger partial charge in [0, 0.05) is 12.3 Å². The molecule has 0 aliphatic heterocycles. The van der Waals surface area contributed by atoms with E-state index in [0.29, 0.717) is 18.4 Å². The first-order valence-electron chi connectivity index (χ1n) is 6.83. The maximum absolute atomic E-state index is 12.2. The van der Waals surface area contributed by atoms with Gasteiger partial charge in [0.15, 0.2) is 11.6 Å². The number of rotatable bonds is 8. The molecule has 3 N–H and O–H groups in total. The van der Waals surface area contributed by atoms with Gasteiger partial charge in [0.25, 0.3) is 0 Å². The Balaban J connectivity index is 5.37. The number of nitrogens with two attached hydrogens (primary N) is 1. The first-order chi connectivity index (χ1) is 9.38. The molecule has 0 spiro atoms. The van der Waals surface area contributed by atoms with Gasteiger partial charge in [-0.15, -0.1) is 0 Å². The van der Waals surface area contributed by atoms with Crippen molar-refractivity contribution in [3.05, 3.63) is 23.3 Å². The minimum absolute atomic E-state index is 0.0178. The van der Waals surface area contributed by atoms with Crippen LogP contribution in [-0.4, -0.2) is 25.0 Å². The third kappa shape index (κ3) is 5.53. The summed E-state index contributed by atoms with van der Waals surface area (Å²) in [4.78, 5) is 35.5. The molecule has 0 bridgehead atoms. The van der Waals surface area contributed by atoms with Crippen LogP contribution < -0.4 is 10.9 Å². The van der Waals surface area contributed by atoms with Crippen LogP contribution in [0.4, 0.5) is 0 Å². The summed E-state index contributed by atoms with van der Waals surface area (Å²) < 4.78 is 0. The van der Waals surface area contributed by atoms with E-state index in [9.17, 15) is 14.4 Å². The minimum Gasteiger partial charge on any atom is -0.384 e. The lowest BCUT2D eigenvalue weighted by molar-refractivity contribution is -0.123. The van der Waals surface area contributed by atoms with Crippen LogP contribution in [0.1, 0.15) is 40.5 Å². The van der Waals surface area contributed by atoms with Crippen molar-refractivity contribution in [3.63, 3.8) is 0 Å². The van der Waals surface area contributed by atoms with Crippen molar-refractivity contribution in [1.29, 1.82) is 0 Å². The maximum Gasteiger partial charge on any atom is 0.318 e. The largest absolute Gasteiger partial charge is 0.384 e. The van der Waals surface area contributed by atoms with Crippen molar-refractivity contribution in [2.24, 2.45) is 11.6 Å². The van der Waals surface area contributed by atoms with E-state index < -0.39 is 5.91 Å². The van der Waals surface area contributed by atoms with E-state index in [-0.39, 0.29) is 30.6 Å². The van der Waals surface area contributed by atoms with E-state index in [2.05, 4.69) is 5.23 Å². The summed E-state index contributed by atoms with van der Waals surface area (Å²) in [6.07, 6.45) is 3.95. The molecule has 20 heavy (non-hydrogen) atoms. The van der Waals surface area contributed by atoms with Crippen molar-refractivity contribution < 1.29 is 14.4 Å². The number of nitrogens with one attached hydrogen (secondary N) is 1. The molecule has 0 aromatic carbocycles. The molecular formula is C14H23BN2O3. The zero-order chi connectivity index (χ0) is 15.7. The van der Waals surface area contributed by atoms with Gasteiger partial charge in [0.2, 0.25) is 5.91 Å². The molecule has 1 unspecified atom stereocenters. The summed E-state index contributed by atoms with van der Waals surface area (Å²) in [5.41, 5.74) is 5.81. The monoisotopic (exact) mass is 278 g/mol. The highest BCUT2D eigenvalue weighted by atomic mass is 16.2. The molecule has 0 rings (SSSR count). The zero-order valence-corrected chi connectivity index (χ0v) is 12.7. The molecule has 1 amide bonds. The highest BCUT2D eigenvalue weighted by molar-refractivity contribution is 6.37. The van der Waals surface area contributed by atoms with Crippen LogP contribution in [0.5, 0.6) is 0 Å². The number of ketones is 2. The van der Waals surface area contributed by atoms with Crippen LogP contribution in [0.3, 0.4) is 0 Å². The first kappa shape index (κ1) is 18.3. The Bertz CT molecular complexity index is 442. The smallest absolute Gasteiger partial charge is 0.318 e. The maximum atomic E-state index is 12.2. The van der Waals surface area contributed by atoms with Crippen LogP contribution in [0.15, 0.2) is 23.3 Å². The SMILES string of the molecule is CCC(=O)/C(C)=C/C=C(/C(=O)NBN)C(=O)C(C)CC. The number of allylic oxidation sites excluding steroid dienone is 3. The van der Waals surface area contributed by atoms with Gasteiger partial charge < -0.3 is 10.9 Å². The second kappa shape index (κ2) is 9.26. The van der Waals surface area contributed by atoms with Crippen LogP contribution in [0.25, 0.3) is 0 Å². The van der Waals surface area contributed by atoms with E-state index in [1.165, 1.54) is 12.2 Å². The van der Waals surface area contributed by atoms with Crippen LogP contribution in [0, 0.1) is 5.92 Å². The fourth-order valence-corrected chi connectivity index (χ4v) is 1.49. The van der Waals surface area contributed by atoms with Crippen molar-refractivity contribution in [2.75, 3.05) is 0 Å². The molecule has 0 heterocycles. The van der Waals surface area contributed by atoms with Gasteiger partial charge in [-0.1, -0.05) is 26.8 Å². The Kier molecular flexibility index (Phi) is 8.48. The average molecular weight is 278 g/mol. The summed E-state index contributed by atoms with van der Waals surface area (Å²) in [6.45, 7) is 7.06. The van der Waals surface area contributed by atoms with E-state index in [1.807, 2.05) is 6.92 Å². The molecule has 110 valence electrons. The van der Waals surface area contributed by atoms with Gasteiger partial charge in [0.1, 0.15) is 0 Å². The van der Waals surface area contributed by atoms with Crippen LogP contribution >= 0.6 is 0 Å². The molecule has 0 saturated heterocycles. The summed E-state index contributed by atoms with van der Waals surface area (Å²) in [5.74, 6) is -1.02. The fraction of sp³-hybridized carbons (Fsp3) is 0.500. The Hall–Kier alpha value is -1.69. The lowest BCUT2D eigenvalue weighted by Gasteiger charge is -2.10. The lowest BCUT2D eigenvalue weighted by Crippen LogP contribution is -2.37. The number of carbonyl (C=O) groups excluding carboxylic acids is 3. The quantitative estimate of drug-likeness (QED) is 0.226. The number of Topliss-reactive ketones (excluding diaryl/α,β-unsaturated/α-hetero) is 2. The predicted molar refractivity (Wildman–Crippen MR) is 81.1 cm³/mol. The zero-order valence-electron chi connectivity index (χ0n) is 12.7. The van der Waals surface area contributed by atoms with Crippen LogP contribution in [0.2, 0.25) is 0 Å². The van der Waals surface area contributed by atoms with Gasteiger partial charge in [0.05, 0.1) is 5.57 Å². The van der Waals surface area contributed by atoms with E-state index in [1.54, 1.807) is 20.8 Å². The normalized spacial score (nSPS) is 13.7. The molecule has 1 atom stereocenters. The average Bonchev–Trinajstić information content (AvgIpc) is 2.45. The van der Waals surface area contributed by atoms with E-state index in [4.69, 9.17) is 5.64 Å². The van der Waals surface area contributed by atoms with Crippen LogP contribution in [-0.2, 0) is 14.4 Å². The predicted octanol–water partition coefficient (Wildman–Crippen LogP) is 0.795. The third-order valence-corrected chi connectivity index (χ3v) is 3.09. The molecule has 0 aliphatic rings. The van der Waals surface area contributed by atoms with Gasteiger partial charge in [-0.25, -0.2) is 0 Å². The lowest BCUT2D eigenvalue weighted by atomic mass is 9.95. The number of hydrogen-bond donors (Lipinski definition) is 2. The third-order valence-electron chi connectivity index (χ3n) is 3.09. The molecule has 0 aromatic rings. The Morgan fingerprint density at radius 2 is 1.85 bits per heavy atom. The number of amides is 1. The van der Waals surface area contributed by atoms with Crippen molar-refractivity contribution >= 4 is 25.0 Å². The van der Waals surface area contributed by atoms with E-state index >= 15 is 0 Å². The second-order valence-electron chi connectivity index (χ2n) is 4.59. The summed E-state index contributed by atoms with van der Waals surface area (Å²) >= 11 is 0. The number of carbonyl (C=O) groups is 3. The summed E-state index contributed by atoms with van der Waals surface area (Å²) in [7, 11) is -0.0411. The highest BCUT2D eigenvalue weighted by Crippen LogP contribution is 2.11. The minimum atomic E-state index is -0.509. The molecule has 6 heteroatoms. The number of hydrogen-bond acceptors (Lipinski definition) is 4. The van der Waals surface area contributed by atoms with E-state index in [0.717, 1.165) is 0 Å². The van der Waals surface area contributed by atoms with Gasteiger partial charge in [-0.05, 0) is 25.0 Å². The van der Waals surface area contributed by atoms with Gasteiger partial charge >= 0.3 is 7.55 Å². The molecule has 0 aliphatic carbocycles. The summed E-state index contributed by atoms with van der Waals surface area (Å²) in [5, 5.41) is 2.41. The molecule has 5 nitrogen and oxygen atoms in total. The Morgan fingerprint density at radius 1 is 1.25 bits per heavy atom. The molecule has 0 radical (unpaired) electrons. The first-order valence-corrected chi connectivity index (χ1v) is 6.83. The van der Waals surface area contributed by atoms with Crippen molar-refractivity contribution in [3.8, 4) is 0 Å². The van der Waals surface area contributed by atoms with Gasteiger partial charge in [-0.2, -0.15) is 0 Å². The topological polar surface area (TPSA) is 89.3 Å². The molecule has 0 aromatic heterocycles. The molecular weight excluding hydrogens is 255 g/mol.